The summed E-state index contributed by atoms with van der Waals surface area (Å²) in [6, 6.07) is 7.62. The number of hydrogen-bond acceptors (Lipinski definition) is 8. The van der Waals surface area contributed by atoms with Gasteiger partial charge in [0, 0.05) is 19.4 Å². The third-order valence-corrected chi connectivity index (χ3v) is 7.23. The van der Waals surface area contributed by atoms with Gasteiger partial charge in [0.05, 0.1) is 46.1 Å². The molecule has 0 heterocycles. The number of hydrogen-bond donors (Lipinski definition) is 4. The molecule has 9 nitrogen and oxygen atoms in total. The number of aryl methyl sites for hydroxylation is 2. The second-order valence-electron chi connectivity index (χ2n) is 9.80. The number of carboxylic acids is 1. The lowest BCUT2D eigenvalue weighted by atomic mass is 9.78. The Morgan fingerprint density at radius 2 is 1.11 bits per heavy atom. The summed E-state index contributed by atoms with van der Waals surface area (Å²) in [5.41, 5.74) is 2.31. The van der Waals surface area contributed by atoms with E-state index in [0.29, 0.717) is 55.8 Å². The van der Waals surface area contributed by atoms with Crippen molar-refractivity contribution in [2.45, 2.75) is 62.6 Å². The second kappa shape index (κ2) is 12.0. The van der Waals surface area contributed by atoms with Crippen molar-refractivity contribution in [3.05, 3.63) is 46.5 Å². The molecule has 4 rings (SSSR count). The molecule has 0 spiro atoms. The number of aliphatic hydroxyl groups excluding tert-OH is 1. The summed E-state index contributed by atoms with van der Waals surface area (Å²) in [5.74, 6) is 1.69. The van der Waals surface area contributed by atoms with Crippen molar-refractivity contribution in [2.24, 2.45) is 0 Å². The Balaban J connectivity index is 0.000000206. The molecule has 0 bridgehead atoms. The van der Waals surface area contributed by atoms with E-state index in [-0.39, 0.29) is 13.0 Å². The third-order valence-electron chi connectivity index (χ3n) is 7.23. The van der Waals surface area contributed by atoms with Crippen LogP contribution in [0.2, 0.25) is 0 Å². The number of rotatable bonds is 8. The van der Waals surface area contributed by atoms with Gasteiger partial charge in [-0.3, -0.25) is 4.79 Å². The summed E-state index contributed by atoms with van der Waals surface area (Å²) in [4.78, 5) is 10.8. The highest BCUT2D eigenvalue weighted by Gasteiger charge is 2.35. The van der Waals surface area contributed by atoms with Crippen molar-refractivity contribution in [2.75, 3.05) is 35.0 Å². The van der Waals surface area contributed by atoms with Gasteiger partial charge in [-0.1, -0.05) is 0 Å². The SMILES string of the molecule is COc1cc2c(cc1OC)CC(O)(CC(=O)O)CC2.COc1cc2c(cc1OC)CC(O)(CCO)CC2. The van der Waals surface area contributed by atoms with Crippen molar-refractivity contribution in [3.8, 4) is 23.0 Å². The molecular formula is C28H38O9. The van der Waals surface area contributed by atoms with Crippen molar-refractivity contribution in [1.82, 2.24) is 0 Å². The average molecular weight is 519 g/mol. The summed E-state index contributed by atoms with van der Waals surface area (Å²) >= 11 is 0. The lowest BCUT2D eigenvalue weighted by Gasteiger charge is -2.33. The van der Waals surface area contributed by atoms with Crippen molar-refractivity contribution in [1.29, 1.82) is 0 Å². The third kappa shape index (κ3) is 6.85. The zero-order valence-corrected chi connectivity index (χ0v) is 22.0. The van der Waals surface area contributed by atoms with Gasteiger partial charge in [0.2, 0.25) is 0 Å². The van der Waals surface area contributed by atoms with Crippen LogP contribution in [-0.4, -0.2) is 72.6 Å². The number of methoxy groups -OCH3 is 4. The first-order chi connectivity index (χ1) is 17.6. The molecule has 9 heteroatoms. The number of aliphatic hydroxyl groups is 3. The Hall–Kier alpha value is -3.01. The fourth-order valence-electron chi connectivity index (χ4n) is 5.20. The monoisotopic (exact) mass is 518 g/mol. The van der Waals surface area contributed by atoms with Crippen LogP contribution in [0.3, 0.4) is 0 Å². The van der Waals surface area contributed by atoms with Crippen LogP contribution in [0, 0.1) is 0 Å². The molecule has 0 aliphatic heterocycles. The molecule has 0 fully saturated rings. The average Bonchev–Trinajstić information content (AvgIpc) is 2.86. The molecule has 2 atom stereocenters. The number of ether oxygens (including phenoxy) is 4. The Morgan fingerprint density at radius 3 is 1.49 bits per heavy atom. The summed E-state index contributed by atoms with van der Waals surface area (Å²) in [7, 11) is 6.35. The Kier molecular flexibility index (Phi) is 9.28. The summed E-state index contributed by atoms with van der Waals surface area (Å²) in [6.45, 7) is 0.0130. The van der Waals surface area contributed by atoms with E-state index in [0.717, 1.165) is 28.9 Å². The molecule has 0 radical (unpaired) electrons. The van der Waals surface area contributed by atoms with Crippen LogP contribution < -0.4 is 18.9 Å². The van der Waals surface area contributed by atoms with Crippen LogP contribution in [0.25, 0.3) is 0 Å². The zero-order chi connectivity index (χ0) is 27.2. The fourth-order valence-corrected chi connectivity index (χ4v) is 5.20. The minimum atomic E-state index is -1.17. The summed E-state index contributed by atoms with van der Waals surface area (Å²) in [5, 5.41) is 38.6. The first kappa shape index (κ1) is 28.6. The Morgan fingerprint density at radius 1 is 0.730 bits per heavy atom. The maximum absolute atomic E-state index is 10.8. The van der Waals surface area contributed by atoms with Crippen molar-refractivity contribution in [3.63, 3.8) is 0 Å². The van der Waals surface area contributed by atoms with E-state index in [2.05, 4.69) is 0 Å². The topological polar surface area (TPSA) is 135 Å². The van der Waals surface area contributed by atoms with Gasteiger partial charge in [-0.25, -0.2) is 0 Å². The molecule has 2 aromatic carbocycles. The largest absolute Gasteiger partial charge is 0.493 e. The molecule has 2 unspecified atom stereocenters. The molecule has 37 heavy (non-hydrogen) atoms. The quantitative estimate of drug-likeness (QED) is 0.416. The number of aliphatic carboxylic acids is 1. The van der Waals surface area contributed by atoms with Crippen LogP contribution in [0.4, 0.5) is 0 Å². The molecule has 204 valence electrons. The highest BCUT2D eigenvalue weighted by molar-refractivity contribution is 5.68. The van der Waals surface area contributed by atoms with Gasteiger partial charge in [0.15, 0.2) is 23.0 Å². The van der Waals surface area contributed by atoms with Gasteiger partial charge in [-0.15, -0.1) is 0 Å². The molecule has 2 aromatic rings. The summed E-state index contributed by atoms with van der Waals surface area (Å²) < 4.78 is 21.0. The lowest BCUT2D eigenvalue weighted by Crippen LogP contribution is -2.38. The molecule has 0 aromatic heterocycles. The fraction of sp³-hybridized carbons (Fsp3) is 0.536. The Labute approximate surface area is 217 Å². The van der Waals surface area contributed by atoms with Crippen LogP contribution in [0.5, 0.6) is 23.0 Å². The van der Waals surface area contributed by atoms with E-state index in [9.17, 15) is 15.0 Å². The maximum Gasteiger partial charge on any atom is 0.306 e. The van der Waals surface area contributed by atoms with Crippen LogP contribution >= 0.6 is 0 Å². The van der Waals surface area contributed by atoms with Crippen molar-refractivity contribution < 1.29 is 44.2 Å². The number of fused-ring (bicyclic) bond motifs is 2. The Bertz CT molecular complexity index is 1100. The first-order valence-corrected chi connectivity index (χ1v) is 12.3. The predicted octanol–water partition coefficient (Wildman–Crippen LogP) is 2.70. The minimum Gasteiger partial charge on any atom is -0.493 e. The predicted molar refractivity (Wildman–Crippen MR) is 137 cm³/mol. The van der Waals surface area contributed by atoms with Gasteiger partial charge in [0.25, 0.3) is 0 Å². The number of benzene rings is 2. The number of carbonyl (C=O) groups is 1. The van der Waals surface area contributed by atoms with E-state index in [4.69, 9.17) is 29.2 Å². The van der Waals surface area contributed by atoms with E-state index >= 15 is 0 Å². The first-order valence-electron chi connectivity index (χ1n) is 12.3. The van der Waals surface area contributed by atoms with Gasteiger partial charge in [-0.05, 0) is 78.6 Å². The standard InChI is InChI=1S/C14H18O5.C14H20O4/c1-18-11-5-9-3-4-14(17,8-13(15)16)7-10(9)6-12(11)19-2;1-17-12-7-10-3-4-14(16,5-6-15)9-11(10)8-13(12)18-2/h5-6,17H,3-4,7-8H2,1-2H3,(H,15,16);7-8,15-16H,3-6,9H2,1-2H3. The molecule has 0 saturated heterocycles. The molecule has 2 aliphatic carbocycles. The molecule has 2 aliphatic rings. The highest BCUT2D eigenvalue weighted by Crippen LogP contribution is 2.39. The van der Waals surface area contributed by atoms with Crippen LogP contribution in [-0.2, 0) is 30.5 Å². The van der Waals surface area contributed by atoms with E-state index < -0.39 is 17.2 Å². The zero-order valence-electron chi connectivity index (χ0n) is 22.0. The molecular weight excluding hydrogens is 480 g/mol. The lowest BCUT2D eigenvalue weighted by molar-refractivity contribution is -0.143. The molecule has 4 N–H and O–H groups in total. The number of carboxylic acid groups (broad SMARTS) is 1. The highest BCUT2D eigenvalue weighted by atomic mass is 16.5. The molecule has 0 amide bonds. The van der Waals surface area contributed by atoms with Gasteiger partial charge >= 0.3 is 5.97 Å². The van der Waals surface area contributed by atoms with E-state index in [1.54, 1.807) is 28.4 Å². The minimum absolute atomic E-state index is 0.0130. The van der Waals surface area contributed by atoms with Crippen molar-refractivity contribution >= 4 is 5.97 Å². The molecule has 0 saturated carbocycles. The van der Waals surface area contributed by atoms with Gasteiger partial charge in [0.1, 0.15) is 0 Å². The second-order valence-corrected chi connectivity index (χ2v) is 9.80. The van der Waals surface area contributed by atoms with Crippen LogP contribution in [0.1, 0.15) is 47.9 Å². The van der Waals surface area contributed by atoms with E-state index in [1.807, 2.05) is 24.3 Å². The normalized spacial score (nSPS) is 22.0. The smallest absolute Gasteiger partial charge is 0.306 e. The summed E-state index contributed by atoms with van der Waals surface area (Å²) in [6.07, 6.45) is 3.63. The van der Waals surface area contributed by atoms with Gasteiger partial charge in [-0.2, -0.15) is 0 Å². The van der Waals surface area contributed by atoms with Gasteiger partial charge < -0.3 is 39.4 Å². The van der Waals surface area contributed by atoms with E-state index in [1.165, 1.54) is 5.56 Å². The van der Waals surface area contributed by atoms with Crippen LogP contribution in [0.15, 0.2) is 24.3 Å². The maximum atomic E-state index is 10.8.